The molecule has 4 aromatic carbocycles. The number of nitrogens with zero attached hydrogens (tertiary/aromatic N) is 3. The lowest BCUT2D eigenvalue weighted by Gasteiger charge is -2.17. The quantitative estimate of drug-likeness (QED) is 0.167. The number of hydrogen-bond donors (Lipinski definition) is 0. The van der Waals surface area contributed by atoms with Gasteiger partial charge in [-0.2, -0.15) is 9.78 Å². The van der Waals surface area contributed by atoms with E-state index in [4.69, 9.17) is 37.7 Å². The van der Waals surface area contributed by atoms with Gasteiger partial charge in [0, 0.05) is 11.1 Å². The maximum absolute atomic E-state index is 14.0. The Kier molecular flexibility index (Phi) is 8.61. The molecule has 0 radical (unpaired) electrons. The summed E-state index contributed by atoms with van der Waals surface area (Å²) >= 11 is 13.0. The first-order valence-corrected chi connectivity index (χ1v) is 14.0. The number of ether oxygens (including phenoxy) is 2. The molecule has 1 heterocycles. The molecule has 5 aromatic rings. The van der Waals surface area contributed by atoms with Gasteiger partial charge in [-0.1, -0.05) is 67.4 Å². The summed E-state index contributed by atoms with van der Waals surface area (Å²) in [5.74, 6) is 1.17. The van der Waals surface area contributed by atoms with Crippen molar-refractivity contribution in [2.75, 3.05) is 7.11 Å². The predicted octanol–water partition coefficient (Wildman–Crippen LogP) is 8.41. The fourth-order valence-electron chi connectivity index (χ4n) is 4.65. The molecule has 6 nitrogen and oxygen atoms in total. The minimum atomic E-state index is -0.383. The second-order valence-electron chi connectivity index (χ2n) is 10.1. The van der Waals surface area contributed by atoms with Gasteiger partial charge in [0.1, 0.15) is 18.2 Å². The van der Waals surface area contributed by atoms with Crippen LogP contribution in [0.4, 0.5) is 4.39 Å². The molecule has 0 N–H and O–H groups in total. The second-order valence-corrected chi connectivity index (χ2v) is 10.9. The topological polar surface area (TPSA) is 65.7 Å². The van der Waals surface area contributed by atoms with E-state index in [2.05, 4.69) is 18.9 Å². The van der Waals surface area contributed by atoms with Gasteiger partial charge in [0.25, 0.3) is 5.56 Å². The van der Waals surface area contributed by atoms with E-state index in [0.717, 1.165) is 22.4 Å². The highest BCUT2D eigenvalue weighted by Crippen LogP contribution is 2.36. The van der Waals surface area contributed by atoms with Crippen LogP contribution in [0.2, 0.25) is 10.0 Å². The van der Waals surface area contributed by atoms with Crippen LogP contribution in [0.5, 0.6) is 11.5 Å². The maximum Gasteiger partial charge on any atom is 0.282 e. The first-order valence-electron chi connectivity index (χ1n) is 13.3. The van der Waals surface area contributed by atoms with E-state index in [1.54, 1.807) is 55.6 Å². The molecule has 0 aliphatic rings. The van der Waals surface area contributed by atoms with Crippen molar-refractivity contribution >= 4 is 40.3 Å². The van der Waals surface area contributed by atoms with Crippen LogP contribution in [-0.4, -0.2) is 23.0 Å². The summed E-state index contributed by atoms with van der Waals surface area (Å²) in [6.45, 7) is 6.05. The molecule has 0 fully saturated rings. The largest absolute Gasteiger partial charge is 0.496 e. The molecule has 0 saturated carbocycles. The number of hydrogen-bond acceptors (Lipinski definition) is 5. The van der Waals surface area contributed by atoms with Crippen LogP contribution in [0.1, 0.15) is 42.0 Å². The van der Waals surface area contributed by atoms with Gasteiger partial charge in [0.15, 0.2) is 11.6 Å². The number of aryl methyl sites for hydroxylation is 1. The summed E-state index contributed by atoms with van der Waals surface area (Å²) in [5, 5.41) is 5.43. The van der Waals surface area contributed by atoms with Gasteiger partial charge in [-0.25, -0.2) is 9.37 Å². The number of benzene rings is 4. The Bertz CT molecular complexity index is 1860. The lowest BCUT2D eigenvalue weighted by atomic mass is 9.96. The molecule has 42 heavy (non-hydrogen) atoms. The summed E-state index contributed by atoms with van der Waals surface area (Å²) in [5.41, 5.74) is 3.77. The Balaban J connectivity index is 1.57. The zero-order valence-electron chi connectivity index (χ0n) is 23.5. The fraction of sp³-hybridized carbons (Fsp3) is 0.182. The van der Waals surface area contributed by atoms with E-state index >= 15 is 0 Å². The van der Waals surface area contributed by atoms with E-state index < -0.39 is 0 Å². The number of halogens is 3. The molecule has 0 unspecified atom stereocenters. The lowest BCUT2D eigenvalue weighted by molar-refractivity contribution is 0.300. The molecule has 214 valence electrons. The summed E-state index contributed by atoms with van der Waals surface area (Å²) in [6.07, 6.45) is 1.49. The Hall–Kier alpha value is -4.20. The van der Waals surface area contributed by atoms with Gasteiger partial charge in [-0.05, 0) is 72.0 Å². The Morgan fingerprint density at radius 2 is 1.71 bits per heavy atom. The number of rotatable bonds is 8. The molecule has 9 heteroatoms. The molecule has 0 saturated heterocycles. The van der Waals surface area contributed by atoms with Crippen molar-refractivity contribution in [1.29, 1.82) is 0 Å². The standard InChI is InChI=1S/C33H28Cl2FN3O3/c1-19(2)24-16-25(20(3)13-30(24)41-4)32-38-29-12-8-6-10-23(29)33(40)39(32)37-17-21-14-26(34)31(27(35)15-21)42-18-22-9-5-7-11-28(22)36/h5-17,19H,18H2,1-4H3. The molecule has 0 aliphatic heterocycles. The minimum Gasteiger partial charge on any atom is -0.496 e. The summed E-state index contributed by atoms with van der Waals surface area (Å²) in [6, 6.07) is 20.6. The van der Waals surface area contributed by atoms with Crippen LogP contribution >= 0.6 is 23.2 Å². The molecule has 0 atom stereocenters. The van der Waals surface area contributed by atoms with Crippen molar-refractivity contribution in [3.05, 3.63) is 121 Å². The predicted molar refractivity (Wildman–Crippen MR) is 167 cm³/mol. The second kappa shape index (κ2) is 12.3. The molecule has 0 bridgehead atoms. The van der Waals surface area contributed by atoms with Crippen LogP contribution in [0.3, 0.4) is 0 Å². The van der Waals surface area contributed by atoms with Crippen LogP contribution in [0.15, 0.2) is 82.7 Å². The van der Waals surface area contributed by atoms with Crippen LogP contribution in [0.25, 0.3) is 22.3 Å². The highest BCUT2D eigenvalue weighted by Gasteiger charge is 2.19. The highest BCUT2D eigenvalue weighted by atomic mass is 35.5. The lowest BCUT2D eigenvalue weighted by Crippen LogP contribution is -2.20. The first-order chi connectivity index (χ1) is 20.2. The third-order valence-corrected chi connectivity index (χ3v) is 7.43. The van der Waals surface area contributed by atoms with Crippen LogP contribution in [0, 0.1) is 12.7 Å². The van der Waals surface area contributed by atoms with Crippen molar-refractivity contribution in [2.45, 2.75) is 33.3 Å². The van der Waals surface area contributed by atoms with Gasteiger partial charge in [0.2, 0.25) is 0 Å². The molecule has 0 aliphatic carbocycles. The monoisotopic (exact) mass is 603 g/mol. The van der Waals surface area contributed by atoms with Crippen LogP contribution < -0.4 is 15.0 Å². The normalized spacial score (nSPS) is 11.5. The van der Waals surface area contributed by atoms with Crippen molar-refractivity contribution in [3.8, 4) is 22.9 Å². The molecular weight excluding hydrogens is 576 g/mol. The smallest absolute Gasteiger partial charge is 0.282 e. The maximum atomic E-state index is 14.0. The third-order valence-electron chi connectivity index (χ3n) is 6.87. The summed E-state index contributed by atoms with van der Waals surface area (Å²) < 4.78 is 26.7. The average molecular weight is 605 g/mol. The van der Waals surface area contributed by atoms with Crippen molar-refractivity contribution < 1.29 is 13.9 Å². The SMILES string of the molecule is COc1cc(C)c(-c2nc3ccccc3c(=O)n2N=Cc2cc(Cl)c(OCc3ccccc3F)c(Cl)c2)cc1C(C)C. The third kappa shape index (κ3) is 5.89. The van der Waals surface area contributed by atoms with Crippen molar-refractivity contribution in [2.24, 2.45) is 5.10 Å². The minimum absolute atomic E-state index is 0.0410. The van der Waals surface area contributed by atoms with E-state index in [0.29, 0.717) is 27.9 Å². The Morgan fingerprint density at radius 3 is 2.40 bits per heavy atom. The fourth-order valence-corrected chi connectivity index (χ4v) is 5.27. The van der Waals surface area contributed by atoms with Crippen molar-refractivity contribution in [3.63, 3.8) is 0 Å². The van der Waals surface area contributed by atoms with Gasteiger partial charge >= 0.3 is 0 Å². The zero-order chi connectivity index (χ0) is 30.0. The van der Waals surface area contributed by atoms with E-state index in [1.165, 1.54) is 17.0 Å². The summed E-state index contributed by atoms with van der Waals surface area (Å²) in [4.78, 5) is 18.6. The number of methoxy groups -OCH3 is 1. The van der Waals surface area contributed by atoms with Crippen molar-refractivity contribution in [1.82, 2.24) is 9.66 Å². The molecule has 0 amide bonds. The zero-order valence-corrected chi connectivity index (χ0v) is 25.0. The Morgan fingerprint density at radius 1 is 1.02 bits per heavy atom. The van der Waals surface area contributed by atoms with E-state index in [9.17, 15) is 9.18 Å². The van der Waals surface area contributed by atoms with E-state index in [-0.39, 0.29) is 39.7 Å². The number of aromatic nitrogens is 2. The molecule has 5 rings (SSSR count). The van der Waals surface area contributed by atoms with Gasteiger partial charge in [-0.3, -0.25) is 4.79 Å². The summed E-state index contributed by atoms with van der Waals surface area (Å²) in [7, 11) is 1.64. The molecule has 0 spiro atoms. The highest BCUT2D eigenvalue weighted by molar-refractivity contribution is 6.37. The number of fused-ring (bicyclic) bond motifs is 1. The van der Waals surface area contributed by atoms with Crippen LogP contribution in [-0.2, 0) is 6.61 Å². The van der Waals surface area contributed by atoms with Gasteiger partial charge < -0.3 is 9.47 Å². The molecule has 1 aromatic heterocycles. The Labute approximate surface area is 253 Å². The number of para-hydroxylation sites is 1. The van der Waals surface area contributed by atoms with Gasteiger partial charge in [-0.15, -0.1) is 0 Å². The average Bonchev–Trinajstić information content (AvgIpc) is 2.96. The molecular formula is C33H28Cl2FN3O3. The van der Waals surface area contributed by atoms with Gasteiger partial charge in [0.05, 0.1) is 34.3 Å². The van der Waals surface area contributed by atoms with E-state index in [1.807, 2.05) is 25.1 Å². The first kappa shape index (κ1) is 29.3.